The maximum Gasteiger partial charge on any atom is 0.274 e. The number of piperidine rings is 1. The van der Waals surface area contributed by atoms with E-state index in [4.69, 9.17) is 9.94 Å². The zero-order valence-electron chi connectivity index (χ0n) is 13.8. The number of carbonyl (C=O) groups excluding carboxylic acids is 1. The first kappa shape index (κ1) is 16.0. The van der Waals surface area contributed by atoms with Gasteiger partial charge in [-0.3, -0.25) is 10.0 Å². The Balaban J connectivity index is 1.50. The molecule has 25 heavy (non-hydrogen) atoms. The number of ether oxygens (including phenoxy) is 1. The Morgan fingerprint density at radius 3 is 2.48 bits per heavy atom. The van der Waals surface area contributed by atoms with Crippen molar-refractivity contribution >= 4 is 11.9 Å². The highest BCUT2D eigenvalue weighted by Crippen LogP contribution is 2.39. The first-order chi connectivity index (χ1) is 12.2. The lowest BCUT2D eigenvalue weighted by Gasteiger charge is -2.47. The lowest BCUT2D eigenvalue weighted by atomic mass is 9.77. The Morgan fingerprint density at radius 2 is 1.88 bits per heavy atom. The van der Waals surface area contributed by atoms with Gasteiger partial charge in [-0.2, -0.15) is 0 Å². The molecule has 0 saturated carbocycles. The van der Waals surface area contributed by atoms with Crippen molar-refractivity contribution < 1.29 is 14.7 Å². The number of benzene rings is 1. The predicted molar refractivity (Wildman–Crippen MR) is 91.4 cm³/mol. The number of nitrogens with one attached hydrogen (secondary N) is 1. The van der Waals surface area contributed by atoms with Gasteiger partial charge < -0.3 is 9.64 Å². The van der Waals surface area contributed by atoms with Gasteiger partial charge in [0.05, 0.1) is 18.9 Å². The summed E-state index contributed by atoms with van der Waals surface area (Å²) in [6.07, 6.45) is 4.00. The largest absolute Gasteiger partial charge is 0.380 e. The fourth-order valence-corrected chi connectivity index (χ4v) is 3.38. The van der Waals surface area contributed by atoms with E-state index in [1.165, 1.54) is 0 Å². The maximum absolute atomic E-state index is 11.4. The molecule has 2 N–H and O–H groups in total. The molecule has 1 amide bonds. The van der Waals surface area contributed by atoms with Crippen molar-refractivity contribution in [1.82, 2.24) is 15.4 Å². The van der Waals surface area contributed by atoms with Gasteiger partial charge in [0, 0.05) is 35.8 Å². The van der Waals surface area contributed by atoms with Gasteiger partial charge in [-0.05, 0) is 31.0 Å². The van der Waals surface area contributed by atoms with E-state index >= 15 is 0 Å². The number of rotatable bonds is 3. The Kier molecular flexibility index (Phi) is 4.10. The SMILES string of the molecule is O=C(NO)c1ccc(-c2ccnc(N3CCC4(CC3)COC4)n2)cc1. The van der Waals surface area contributed by atoms with Crippen LogP contribution in [0.1, 0.15) is 23.2 Å². The molecule has 1 aromatic heterocycles. The number of hydrogen-bond acceptors (Lipinski definition) is 6. The monoisotopic (exact) mass is 340 g/mol. The zero-order valence-corrected chi connectivity index (χ0v) is 13.8. The number of amides is 1. The third-order valence-corrected chi connectivity index (χ3v) is 5.11. The van der Waals surface area contributed by atoms with Crippen LogP contribution in [0.15, 0.2) is 36.5 Å². The van der Waals surface area contributed by atoms with Gasteiger partial charge in [0.25, 0.3) is 5.91 Å². The molecule has 7 heteroatoms. The standard InChI is InChI=1S/C18H20N4O3/c23-16(21-24)14-3-1-13(2-4-14)15-5-8-19-17(20-15)22-9-6-18(7-10-22)11-25-12-18/h1-5,8,24H,6-7,9-12H2,(H,21,23). The summed E-state index contributed by atoms with van der Waals surface area (Å²) in [6, 6.07) is 8.80. The highest BCUT2D eigenvalue weighted by Gasteiger charge is 2.41. The van der Waals surface area contributed by atoms with Gasteiger partial charge in [-0.25, -0.2) is 15.4 Å². The predicted octanol–water partition coefficient (Wildman–Crippen LogP) is 1.88. The van der Waals surface area contributed by atoms with E-state index in [0.29, 0.717) is 11.0 Å². The second kappa shape index (κ2) is 6.42. The molecule has 130 valence electrons. The van der Waals surface area contributed by atoms with Crippen molar-refractivity contribution in [3.8, 4) is 11.3 Å². The van der Waals surface area contributed by atoms with Gasteiger partial charge in [0.2, 0.25) is 5.95 Å². The average molecular weight is 340 g/mol. The molecular weight excluding hydrogens is 320 g/mol. The quantitative estimate of drug-likeness (QED) is 0.655. The fraction of sp³-hybridized carbons (Fsp3) is 0.389. The molecule has 4 rings (SSSR count). The van der Waals surface area contributed by atoms with Gasteiger partial charge >= 0.3 is 0 Å². The van der Waals surface area contributed by atoms with Crippen LogP contribution in [0.25, 0.3) is 11.3 Å². The lowest BCUT2D eigenvalue weighted by molar-refractivity contribution is -0.124. The first-order valence-corrected chi connectivity index (χ1v) is 8.40. The molecule has 2 aromatic rings. The van der Waals surface area contributed by atoms with Gasteiger partial charge in [0.1, 0.15) is 0 Å². The zero-order chi connectivity index (χ0) is 17.3. The molecule has 7 nitrogen and oxygen atoms in total. The van der Waals surface area contributed by atoms with E-state index in [0.717, 1.165) is 56.4 Å². The minimum Gasteiger partial charge on any atom is -0.380 e. The van der Waals surface area contributed by atoms with Crippen LogP contribution in [0.5, 0.6) is 0 Å². The molecule has 0 aliphatic carbocycles. The second-order valence-electron chi connectivity index (χ2n) is 6.74. The summed E-state index contributed by atoms with van der Waals surface area (Å²) in [4.78, 5) is 22.7. The molecule has 3 heterocycles. The van der Waals surface area contributed by atoms with E-state index in [2.05, 4.69) is 14.9 Å². The van der Waals surface area contributed by atoms with Crippen molar-refractivity contribution in [3.63, 3.8) is 0 Å². The topological polar surface area (TPSA) is 87.6 Å². The number of aromatic nitrogens is 2. The van der Waals surface area contributed by atoms with Crippen molar-refractivity contribution in [3.05, 3.63) is 42.1 Å². The minimum absolute atomic E-state index is 0.386. The van der Waals surface area contributed by atoms with Gasteiger partial charge in [0.15, 0.2) is 0 Å². The summed E-state index contributed by atoms with van der Waals surface area (Å²) >= 11 is 0. The van der Waals surface area contributed by atoms with E-state index in [1.54, 1.807) is 23.8 Å². The van der Waals surface area contributed by atoms with Crippen LogP contribution in [-0.4, -0.2) is 47.4 Å². The molecule has 2 aliphatic rings. The molecule has 2 saturated heterocycles. The Morgan fingerprint density at radius 1 is 1.16 bits per heavy atom. The summed E-state index contributed by atoms with van der Waals surface area (Å²) in [5.74, 6) is 0.210. The smallest absolute Gasteiger partial charge is 0.274 e. The van der Waals surface area contributed by atoms with E-state index in [9.17, 15) is 4.79 Å². The summed E-state index contributed by atoms with van der Waals surface area (Å²) in [5.41, 5.74) is 4.12. The highest BCUT2D eigenvalue weighted by molar-refractivity contribution is 5.93. The molecule has 2 aliphatic heterocycles. The van der Waals surface area contributed by atoms with Gasteiger partial charge in [-0.1, -0.05) is 12.1 Å². The third-order valence-electron chi connectivity index (χ3n) is 5.11. The molecule has 2 fully saturated rings. The lowest BCUT2D eigenvalue weighted by Crippen LogP contribution is -2.51. The maximum atomic E-state index is 11.4. The molecule has 1 aromatic carbocycles. The van der Waals surface area contributed by atoms with Crippen LogP contribution >= 0.6 is 0 Å². The van der Waals surface area contributed by atoms with Crippen molar-refractivity contribution in [2.45, 2.75) is 12.8 Å². The van der Waals surface area contributed by atoms with Gasteiger partial charge in [-0.15, -0.1) is 0 Å². The van der Waals surface area contributed by atoms with Crippen molar-refractivity contribution in [2.24, 2.45) is 5.41 Å². The Bertz CT molecular complexity index is 764. The van der Waals surface area contributed by atoms with Crippen LogP contribution in [0, 0.1) is 5.41 Å². The third kappa shape index (κ3) is 3.08. The molecule has 1 spiro atoms. The van der Waals surface area contributed by atoms with Crippen LogP contribution in [-0.2, 0) is 4.74 Å². The first-order valence-electron chi connectivity index (χ1n) is 8.40. The summed E-state index contributed by atoms with van der Waals surface area (Å²) in [5, 5.41) is 8.68. The summed E-state index contributed by atoms with van der Waals surface area (Å²) < 4.78 is 5.37. The van der Waals surface area contributed by atoms with Crippen molar-refractivity contribution in [1.29, 1.82) is 0 Å². The average Bonchev–Trinajstić information content (AvgIpc) is 2.66. The van der Waals surface area contributed by atoms with Crippen LogP contribution < -0.4 is 10.4 Å². The summed E-state index contributed by atoms with van der Waals surface area (Å²) in [6.45, 7) is 3.66. The van der Waals surface area contributed by atoms with E-state index < -0.39 is 5.91 Å². The number of nitrogens with zero attached hydrogens (tertiary/aromatic N) is 3. The molecule has 0 unspecified atom stereocenters. The number of hydrogen-bond donors (Lipinski definition) is 2. The van der Waals surface area contributed by atoms with Crippen LogP contribution in [0.3, 0.4) is 0 Å². The minimum atomic E-state index is -0.530. The Hall–Kier alpha value is -2.51. The molecular formula is C18H20N4O3. The second-order valence-corrected chi connectivity index (χ2v) is 6.74. The molecule has 0 atom stereocenters. The number of hydroxylamine groups is 1. The molecule has 0 radical (unpaired) electrons. The number of carbonyl (C=O) groups is 1. The van der Waals surface area contributed by atoms with Crippen LogP contribution in [0.4, 0.5) is 5.95 Å². The van der Waals surface area contributed by atoms with Crippen LogP contribution in [0.2, 0.25) is 0 Å². The molecule has 0 bridgehead atoms. The normalized spacial score (nSPS) is 18.7. The van der Waals surface area contributed by atoms with E-state index in [-0.39, 0.29) is 0 Å². The van der Waals surface area contributed by atoms with E-state index in [1.807, 2.05) is 18.2 Å². The van der Waals surface area contributed by atoms with Crippen molar-refractivity contribution in [2.75, 3.05) is 31.2 Å². The highest BCUT2D eigenvalue weighted by atomic mass is 16.5. The number of anilines is 1. The summed E-state index contributed by atoms with van der Waals surface area (Å²) in [7, 11) is 0. The Labute approximate surface area is 145 Å². The fourth-order valence-electron chi connectivity index (χ4n) is 3.38.